The van der Waals surface area contributed by atoms with Crippen LogP contribution in [0.5, 0.6) is 0 Å². The molecule has 5 heteroatoms. The van der Waals surface area contributed by atoms with Crippen molar-refractivity contribution in [2.24, 2.45) is 0 Å². The summed E-state index contributed by atoms with van der Waals surface area (Å²) in [5, 5.41) is 3.29. The van der Waals surface area contributed by atoms with Crippen molar-refractivity contribution < 1.29 is 8.78 Å². The van der Waals surface area contributed by atoms with Crippen molar-refractivity contribution in [3.8, 4) is 11.1 Å². The Labute approximate surface area is 116 Å². The van der Waals surface area contributed by atoms with Crippen LogP contribution in [0.2, 0.25) is 0 Å². The van der Waals surface area contributed by atoms with Crippen LogP contribution in [-0.4, -0.2) is 31.2 Å². The summed E-state index contributed by atoms with van der Waals surface area (Å²) in [5.74, 6) is -0.759. The fourth-order valence-electron chi connectivity index (χ4n) is 2.31. The van der Waals surface area contributed by atoms with Crippen molar-refractivity contribution in [3.63, 3.8) is 0 Å². The quantitative estimate of drug-likeness (QED) is 0.912. The summed E-state index contributed by atoms with van der Waals surface area (Å²) in [6.45, 7) is 3.76. The van der Waals surface area contributed by atoms with E-state index in [0.29, 0.717) is 5.56 Å². The van der Waals surface area contributed by atoms with Gasteiger partial charge in [0, 0.05) is 37.9 Å². The normalized spacial score (nSPS) is 15.4. The average molecular weight is 275 g/mol. The van der Waals surface area contributed by atoms with Gasteiger partial charge in [-0.3, -0.25) is 0 Å². The number of nitrogens with zero attached hydrogens (tertiary/aromatic N) is 2. The zero-order chi connectivity index (χ0) is 13.9. The molecule has 2 heterocycles. The minimum absolute atomic E-state index is 0.628. The van der Waals surface area contributed by atoms with Crippen LogP contribution in [0.25, 0.3) is 11.1 Å². The monoisotopic (exact) mass is 275 g/mol. The van der Waals surface area contributed by atoms with Gasteiger partial charge in [0.25, 0.3) is 0 Å². The molecule has 20 heavy (non-hydrogen) atoms. The van der Waals surface area contributed by atoms with Gasteiger partial charge in [-0.05, 0) is 29.8 Å². The Morgan fingerprint density at radius 3 is 2.35 bits per heavy atom. The van der Waals surface area contributed by atoms with Gasteiger partial charge in [-0.15, -0.1) is 0 Å². The van der Waals surface area contributed by atoms with Gasteiger partial charge >= 0.3 is 0 Å². The molecule has 3 rings (SSSR count). The molecule has 1 saturated heterocycles. The fraction of sp³-hybridized carbons (Fsp3) is 0.267. The number of pyridine rings is 1. The highest BCUT2D eigenvalue weighted by molar-refractivity contribution is 5.64. The number of halogens is 2. The summed E-state index contributed by atoms with van der Waals surface area (Å²) in [5.41, 5.74) is 1.41. The summed E-state index contributed by atoms with van der Waals surface area (Å²) in [7, 11) is 0. The Kier molecular flexibility index (Phi) is 3.60. The molecule has 0 spiro atoms. The largest absolute Gasteiger partial charge is 0.354 e. The number of hydrogen-bond donors (Lipinski definition) is 1. The van der Waals surface area contributed by atoms with Crippen LogP contribution in [-0.2, 0) is 0 Å². The Morgan fingerprint density at radius 2 is 1.70 bits per heavy atom. The molecule has 1 fully saturated rings. The summed E-state index contributed by atoms with van der Waals surface area (Å²) >= 11 is 0. The molecule has 1 N–H and O–H groups in total. The van der Waals surface area contributed by atoms with Gasteiger partial charge in [0.1, 0.15) is 5.82 Å². The van der Waals surface area contributed by atoms with Gasteiger partial charge in [-0.2, -0.15) is 0 Å². The summed E-state index contributed by atoms with van der Waals surface area (Å²) < 4.78 is 26.1. The number of nitrogens with one attached hydrogen (secondary N) is 1. The lowest BCUT2D eigenvalue weighted by atomic mass is 10.1. The molecule has 0 unspecified atom stereocenters. The second kappa shape index (κ2) is 5.54. The molecule has 0 saturated carbocycles. The van der Waals surface area contributed by atoms with Gasteiger partial charge in [0.2, 0.25) is 0 Å². The minimum atomic E-state index is -0.839. The third-order valence-corrected chi connectivity index (χ3v) is 3.44. The molecule has 0 aliphatic carbocycles. The molecule has 1 aromatic heterocycles. The van der Waals surface area contributed by atoms with E-state index in [1.807, 2.05) is 12.1 Å². The van der Waals surface area contributed by atoms with Crippen LogP contribution >= 0.6 is 0 Å². The Hall–Kier alpha value is -2.01. The molecule has 1 aliphatic rings. The molecule has 0 amide bonds. The first-order valence-electron chi connectivity index (χ1n) is 6.61. The highest BCUT2D eigenvalue weighted by atomic mass is 19.2. The lowest BCUT2D eigenvalue weighted by Gasteiger charge is -2.28. The average Bonchev–Trinajstić information content (AvgIpc) is 2.51. The number of hydrogen-bond acceptors (Lipinski definition) is 3. The molecule has 0 radical (unpaired) electrons. The van der Waals surface area contributed by atoms with Gasteiger partial charge < -0.3 is 10.2 Å². The van der Waals surface area contributed by atoms with Crippen molar-refractivity contribution in [1.82, 2.24) is 10.3 Å². The van der Waals surface area contributed by atoms with Crippen molar-refractivity contribution in [2.45, 2.75) is 0 Å². The Morgan fingerprint density at radius 1 is 0.950 bits per heavy atom. The lowest BCUT2D eigenvalue weighted by Crippen LogP contribution is -2.43. The summed E-state index contributed by atoms with van der Waals surface area (Å²) in [4.78, 5) is 6.61. The van der Waals surface area contributed by atoms with E-state index in [9.17, 15) is 8.78 Å². The second-order valence-corrected chi connectivity index (χ2v) is 4.77. The molecular weight excluding hydrogens is 260 g/mol. The van der Waals surface area contributed by atoms with Gasteiger partial charge in [-0.1, -0.05) is 6.07 Å². The zero-order valence-electron chi connectivity index (χ0n) is 10.9. The zero-order valence-corrected chi connectivity index (χ0v) is 10.9. The third kappa shape index (κ3) is 2.63. The molecule has 104 valence electrons. The van der Waals surface area contributed by atoms with E-state index in [1.165, 1.54) is 6.07 Å². The van der Waals surface area contributed by atoms with Gasteiger partial charge in [0.05, 0.1) is 0 Å². The number of anilines is 1. The van der Waals surface area contributed by atoms with Gasteiger partial charge in [-0.25, -0.2) is 13.8 Å². The molecule has 1 aromatic carbocycles. The lowest BCUT2D eigenvalue weighted by molar-refractivity contribution is 0.509. The van der Waals surface area contributed by atoms with Crippen LogP contribution in [0.3, 0.4) is 0 Å². The van der Waals surface area contributed by atoms with Crippen molar-refractivity contribution in [2.75, 3.05) is 31.1 Å². The maximum absolute atomic E-state index is 13.2. The van der Waals surface area contributed by atoms with E-state index >= 15 is 0 Å². The molecular formula is C15H15F2N3. The maximum atomic E-state index is 13.2. The smallest absolute Gasteiger partial charge is 0.159 e. The van der Waals surface area contributed by atoms with E-state index in [4.69, 9.17) is 0 Å². The summed E-state index contributed by atoms with van der Waals surface area (Å²) in [6, 6.07) is 7.69. The van der Waals surface area contributed by atoms with Crippen molar-refractivity contribution in [1.29, 1.82) is 0 Å². The number of piperazine rings is 1. The first-order chi connectivity index (χ1) is 9.74. The molecule has 3 nitrogen and oxygen atoms in total. The Balaban J connectivity index is 1.83. The molecule has 0 bridgehead atoms. The highest BCUT2D eigenvalue weighted by Gasteiger charge is 2.11. The fourth-order valence-corrected chi connectivity index (χ4v) is 2.31. The van der Waals surface area contributed by atoms with E-state index in [-0.39, 0.29) is 0 Å². The van der Waals surface area contributed by atoms with Crippen molar-refractivity contribution >= 4 is 5.82 Å². The SMILES string of the molecule is Fc1ccc(-c2ccc(N3CCNCC3)nc2)cc1F. The first kappa shape index (κ1) is 13.0. The van der Waals surface area contributed by atoms with E-state index in [1.54, 1.807) is 12.3 Å². The van der Waals surface area contributed by atoms with Crippen LogP contribution in [0, 0.1) is 11.6 Å². The van der Waals surface area contributed by atoms with E-state index in [0.717, 1.165) is 43.6 Å². The van der Waals surface area contributed by atoms with Crippen LogP contribution < -0.4 is 10.2 Å². The third-order valence-electron chi connectivity index (χ3n) is 3.44. The maximum Gasteiger partial charge on any atom is 0.159 e. The number of aromatic nitrogens is 1. The van der Waals surface area contributed by atoms with Crippen LogP contribution in [0.4, 0.5) is 14.6 Å². The predicted molar refractivity (Wildman–Crippen MR) is 74.7 cm³/mol. The standard InChI is InChI=1S/C15H15F2N3/c16-13-3-1-11(9-14(13)17)12-2-4-15(19-10-12)20-7-5-18-6-8-20/h1-4,9-10,18H,5-8H2. The highest BCUT2D eigenvalue weighted by Crippen LogP contribution is 2.22. The molecule has 2 aromatic rings. The Bertz CT molecular complexity index is 593. The van der Waals surface area contributed by atoms with E-state index in [2.05, 4.69) is 15.2 Å². The predicted octanol–water partition coefficient (Wildman–Crippen LogP) is 2.44. The minimum Gasteiger partial charge on any atom is -0.354 e. The second-order valence-electron chi connectivity index (χ2n) is 4.77. The molecule has 0 atom stereocenters. The van der Waals surface area contributed by atoms with Crippen molar-refractivity contribution in [3.05, 3.63) is 48.2 Å². The van der Waals surface area contributed by atoms with Crippen LogP contribution in [0.1, 0.15) is 0 Å². The first-order valence-corrected chi connectivity index (χ1v) is 6.61. The van der Waals surface area contributed by atoms with E-state index < -0.39 is 11.6 Å². The summed E-state index contributed by atoms with van der Waals surface area (Å²) in [6.07, 6.45) is 1.70. The number of rotatable bonds is 2. The number of benzene rings is 1. The topological polar surface area (TPSA) is 28.2 Å². The van der Waals surface area contributed by atoms with Gasteiger partial charge in [0.15, 0.2) is 11.6 Å². The van der Waals surface area contributed by atoms with Crippen LogP contribution in [0.15, 0.2) is 36.5 Å². The molecule has 1 aliphatic heterocycles.